The van der Waals surface area contributed by atoms with Crippen molar-refractivity contribution in [2.45, 2.75) is 85.4 Å². The van der Waals surface area contributed by atoms with Crippen molar-refractivity contribution in [1.82, 2.24) is 0 Å². The van der Waals surface area contributed by atoms with Crippen LogP contribution in [-0.2, 0) is 22.1 Å². The minimum atomic E-state index is -2.89. The molecule has 5 nitrogen and oxygen atoms in total. The Labute approximate surface area is 158 Å². The van der Waals surface area contributed by atoms with E-state index in [1.54, 1.807) is 0 Å². The predicted octanol–water partition coefficient (Wildman–Crippen LogP) is 5.06. The van der Waals surface area contributed by atoms with Crippen LogP contribution >= 0.6 is 0 Å². The Morgan fingerprint density at radius 2 is 0.840 bits per heavy atom. The number of hydrogen-bond donors (Lipinski definition) is 0. The van der Waals surface area contributed by atoms with Gasteiger partial charge < -0.3 is 22.1 Å². The molecule has 0 heterocycles. The maximum Gasteiger partial charge on any atom is 0.505 e. The van der Waals surface area contributed by atoms with Crippen LogP contribution in [0.5, 0.6) is 0 Å². The molecule has 25 heavy (non-hydrogen) atoms. The first-order chi connectivity index (χ1) is 12.0. The summed E-state index contributed by atoms with van der Waals surface area (Å²) in [4.78, 5) is 0. The molecule has 0 aliphatic carbocycles. The quantitative estimate of drug-likeness (QED) is 0.323. The molecular formula is C18H42O5Si2. The molecule has 7 heteroatoms. The van der Waals surface area contributed by atoms with Gasteiger partial charge in [-0.2, -0.15) is 0 Å². The zero-order chi connectivity index (χ0) is 19.2. The molecule has 1 unspecified atom stereocenters. The molecule has 0 saturated heterocycles. The first-order valence-corrected chi connectivity index (χ1v) is 14.4. The lowest BCUT2D eigenvalue weighted by Gasteiger charge is -2.41. The van der Waals surface area contributed by atoms with E-state index in [0.29, 0.717) is 33.0 Å². The fourth-order valence-corrected chi connectivity index (χ4v) is 10.5. The van der Waals surface area contributed by atoms with Gasteiger partial charge in [-0.05, 0) is 38.7 Å². The van der Waals surface area contributed by atoms with Crippen molar-refractivity contribution in [2.24, 2.45) is 0 Å². The van der Waals surface area contributed by atoms with Gasteiger partial charge >= 0.3 is 17.4 Å². The zero-order valence-corrected chi connectivity index (χ0v) is 19.7. The molecule has 152 valence electrons. The summed E-state index contributed by atoms with van der Waals surface area (Å²) in [5, 5.41) is 0.0303. The average molecular weight is 395 g/mol. The van der Waals surface area contributed by atoms with Gasteiger partial charge in [0.2, 0.25) is 0 Å². The van der Waals surface area contributed by atoms with Crippen molar-refractivity contribution in [3.05, 3.63) is 0 Å². The summed E-state index contributed by atoms with van der Waals surface area (Å²) >= 11 is 0. The first-order valence-electron chi connectivity index (χ1n) is 10.2. The van der Waals surface area contributed by atoms with Crippen LogP contribution in [0.25, 0.3) is 0 Å². The molecule has 0 aliphatic rings. The summed E-state index contributed by atoms with van der Waals surface area (Å²) in [6, 6.07) is 0. The van der Waals surface area contributed by atoms with Gasteiger partial charge in [0.1, 0.15) is 0 Å². The zero-order valence-electron chi connectivity index (χ0n) is 17.7. The van der Waals surface area contributed by atoms with Gasteiger partial charge in [0.25, 0.3) is 0 Å². The maximum absolute atomic E-state index is 6.32. The van der Waals surface area contributed by atoms with E-state index in [0.717, 1.165) is 32.1 Å². The summed E-state index contributed by atoms with van der Waals surface area (Å²) in [5.74, 6) is 0. The van der Waals surface area contributed by atoms with Gasteiger partial charge in [0, 0.05) is 33.0 Å². The van der Waals surface area contributed by atoms with Crippen LogP contribution in [0.15, 0.2) is 0 Å². The summed E-state index contributed by atoms with van der Waals surface area (Å²) in [6.45, 7) is 18.2. The van der Waals surface area contributed by atoms with E-state index < -0.39 is 17.4 Å². The third-order valence-electron chi connectivity index (χ3n) is 4.02. The van der Waals surface area contributed by atoms with E-state index in [1.807, 2.05) is 0 Å². The Hall–Kier alpha value is 0.234. The van der Waals surface area contributed by atoms with Crippen LogP contribution in [0.4, 0.5) is 0 Å². The van der Waals surface area contributed by atoms with Gasteiger partial charge in [0.05, 0.1) is 5.16 Å². The van der Waals surface area contributed by atoms with Crippen LogP contribution in [-0.4, -0.2) is 50.4 Å². The molecule has 0 spiro atoms. The second-order valence-electron chi connectivity index (χ2n) is 6.58. The Bertz CT molecular complexity index is 288. The summed E-state index contributed by atoms with van der Waals surface area (Å²) < 4.78 is 31.6. The van der Waals surface area contributed by atoms with E-state index in [2.05, 4.69) is 48.1 Å². The van der Waals surface area contributed by atoms with E-state index >= 15 is 0 Å². The van der Waals surface area contributed by atoms with E-state index in [-0.39, 0.29) is 5.16 Å². The second kappa shape index (κ2) is 14.3. The first kappa shape index (κ1) is 25.2. The number of rotatable bonds is 17. The highest BCUT2D eigenvalue weighted by Gasteiger charge is 2.58. The molecule has 0 bridgehead atoms. The molecule has 0 amide bonds. The molecule has 0 fully saturated rings. The fraction of sp³-hybridized carbons (Fsp3) is 1.00. The van der Waals surface area contributed by atoms with Crippen LogP contribution in [0.1, 0.15) is 73.6 Å². The molecule has 0 saturated carbocycles. The molecule has 0 rings (SSSR count). The highest BCUT2D eigenvalue weighted by atomic mass is 28.4. The summed E-state index contributed by atoms with van der Waals surface area (Å²) in [5.41, 5.74) is 0. The lowest BCUT2D eigenvalue weighted by atomic mass is 10.5. The molecule has 0 aliphatic heterocycles. The third-order valence-corrected chi connectivity index (χ3v) is 12.7. The Morgan fingerprint density at radius 3 is 1.12 bits per heavy atom. The topological polar surface area (TPSA) is 46.2 Å². The fourth-order valence-electron chi connectivity index (χ4n) is 2.46. The minimum absolute atomic E-state index is 0.0303. The normalized spacial score (nSPS) is 14.0. The van der Waals surface area contributed by atoms with Crippen molar-refractivity contribution < 1.29 is 22.1 Å². The van der Waals surface area contributed by atoms with Crippen molar-refractivity contribution in [1.29, 1.82) is 0 Å². The molecular weight excluding hydrogens is 352 g/mol. The molecule has 0 radical (unpaired) electrons. The Morgan fingerprint density at radius 1 is 0.560 bits per heavy atom. The van der Waals surface area contributed by atoms with Gasteiger partial charge in [-0.3, -0.25) is 0 Å². The van der Waals surface area contributed by atoms with Crippen molar-refractivity contribution in [3.8, 4) is 0 Å². The van der Waals surface area contributed by atoms with E-state index in [4.69, 9.17) is 22.1 Å². The smallest absolute Gasteiger partial charge is 0.394 e. The highest BCUT2D eigenvalue weighted by molar-refractivity contribution is 6.85. The van der Waals surface area contributed by atoms with E-state index in [1.165, 1.54) is 0 Å². The summed E-state index contributed by atoms with van der Waals surface area (Å²) in [6.07, 6.45) is 4.77. The predicted molar refractivity (Wildman–Crippen MR) is 108 cm³/mol. The lowest BCUT2D eigenvalue weighted by Crippen LogP contribution is -2.61. The third kappa shape index (κ3) is 8.64. The molecule has 0 aromatic heterocycles. The van der Waals surface area contributed by atoms with Crippen LogP contribution in [0.2, 0.25) is 11.7 Å². The SMILES string of the molecule is CCCO[Si](C)(OCCC)C(C)[Si](OCCC)(OCCC)OCCC. The maximum atomic E-state index is 6.32. The van der Waals surface area contributed by atoms with Gasteiger partial charge in [0.15, 0.2) is 0 Å². The van der Waals surface area contributed by atoms with Gasteiger partial charge in [-0.25, -0.2) is 0 Å². The molecule has 0 N–H and O–H groups in total. The van der Waals surface area contributed by atoms with Crippen molar-refractivity contribution in [3.63, 3.8) is 0 Å². The summed E-state index contributed by atoms with van der Waals surface area (Å²) in [7, 11) is -5.38. The molecule has 1 atom stereocenters. The van der Waals surface area contributed by atoms with Crippen molar-refractivity contribution >= 4 is 17.4 Å². The van der Waals surface area contributed by atoms with Gasteiger partial charge in [-0.15, -0.1) is 0 Å². The minimum Gasteiger partial charge on any atom is -0.394 e. The highest BCUT2D eigenvalue weighted by Crippen LogP contribution is 2.36. The second-order valence-corrected chi connectivity index (χ2v) is 13.6. The van der Waals surface area contributed by atoms with E-state index in [9.17, 15) is 0 Å². The van der Waals surface area contributed by atoms with Crippen LogP contribution in [0, 0.1) is 0 Å². The van der Waals surface area contributed by atoms with Gasteiger partial charge in [-0.1, -0.05) is 41.5 Å². The van der Waals surface area contributed by atoms with Crippen molar-refractivity contribution in [2.75, 3.05) is 33.0 Å². The Kier molecular flexibility index (Phi) is 14.4. The Balaban J connectivity index is 5.58. The molecule has 0 aromatic rings. The monoisotopic (exact) mass is 394 g/mol. The average Bonchev–Trinajstić information content (AvgIpc) is 2.64. The van der Waals surface area contributed by atoms with Crippen LogP contribution < -0.4 is 0 Å². The lowest BCUT2D eigenvalue weighted by molar-refractivity contribution is 0.0498. The largest absolute Gasteiger partial charge is 0.505 e. The standard InChI is InChI=1S/C18H42O5Si2/c1-8-13-19-24(7,20-14-9-2)18(6)25(21-15-10-3,22-16-11-4)23-17-12-5/h18H,8-17H2,1-7H3. The van der Waals surface area contributed by atoms with Crippen LogP contribution in [0.3, 0.4) is 0 Å². The number of hydrogen-bond acceptors (Lipinski definition) is 5. The molecule has 0 aromatic carbocycles.